The number of halogens is 2. The number of likely N-dealkylation sites (tertiary alicyclic amines) is 1. The largest absolute Gasteiger partial charge is 0.353 e. The van der Waals surface area contributed by atoms with E-state index >= 15 is 0 Å². The molecule has 1 aromatic rings. The fraction of sp³-hybridized carbons (Fsp3) is 0.667. The normalized spacial score (nSPS) is 25.8. The Morgan fingerprint density at radius 2 is 1.70 bits per heavy atom. The molecule has 0 spiro atoms. The molecule has 30 heavy (non-hydrogen) atoms. The molecule has 6 heteroatoms. The lowest BCUT2D eigenvalue weighted by Gasteiger charge is -2.34. The molecule has 3 aliphatic rings. The molecule has 1 amide bonds. The van der Waals surface area contributed by atoms with Crippen molar-refractivity contribution in [2.45, 2.75) is 63.8 Å². The van der Waals surface area contributed by atoms with E-state index in [4.69, 9.17) is 11.6 Å². The van der Waals surface area contributed by atoms with Crippen molar-refractivity contribution in [3.05, 3.63) is 34.6 Å². The molecule has 0 unspecified atom stereocenters. The third-order valence-corrected chi connectivity index (χ3v) is 7.46. The Balaban J connectivity index is 1.15. The van der Waals surface area contributed by atoms with Crippen molar-refractivity contribution in [3.8, 4) is 0 Å². The summed E-state index contributed by atoms with van der Waals surface area (Å²) in [6.45, 7) is 2.95. The Hall–Kier alpha value is -1.46. The number of hydrogen-bond acceptors (Lipinski definition) is 3. The van der Waals surface area contributed by atoms with Gasteiger partial charge in [-0.3, -0.25) is 9.59 Å². The third kappa shape index (κ3) is 5.61. The number of nitrogens with zero attached hydrogens (tertiary/aromatic N) is 1. The van der Waals surface area contributed by atoms with Crippen molar-refractivity contribution >= 4 is 23.3 Å². The number of hydrogen-bond donors (Lipinski definition) is 1. The molecule has 1 heterocycles. The number of piperidine rings is 1. The number of rotatable bonds is 7. The minimum Gasteiger partial charge on any atom is -0.353 e. The maximum Gasteiger partial charge on any atom is 0.223 e. The highest BCUT2D eigenvalue weighted by molar-refractivity contribution is 6.34. The summed E-state index contributed by atoms with van der Waals surface area (Å²) < 4.78 is 13.2. The molecule has 2 saturated carbocycles. The smallest absolute Gasteiger partial charge is 0.223 e. The van der Waals surface area contributed by atoms with Crippen LogP contribution in [0.15, 0.2) is 18.2 Å². The summed E-state index contributed by atoms with van der Waals surface area (Å²) in [5.41, 5.74) is 0.446. The van der Waals surface area contributed by atoms with Crippen molar-refractivity contribution < 1.29 is 14.0 Å². The fourth-order valence-electron chi connectivity index (χ4n) is 4.95. The molecule has 0 aromatic heterocycles. The van der Waals surface area contributed by atoms with Gasteiger partial charge in [0.1, 0.15) is 5.82 Å². The molecule has 1 N–H and O–H groups in total. The molecule has 2 aliphatic carbocycles. The van der Waals surface area contributed by atoms with Gasteiger partial charge in [0.15, 0.2) is 5.78 Å². The van der Waals surface area contributed by atoms with Gasteiger partial charge in [0.25, 0.3) is 0 Å². The number of nitrogens with one attached hydrogen (secondary N) is 1. The summed E-state index contributed by atoms with van der Waals surface area (Å²) in [6, 6.07) is 4.42. The predicted molar refractivity (Wildman–Crippen MR) is 116 cm³/mol. The van der Waals surface area contributed by atoms with Gasteiger partial charge in [0.2, 0.25) is 5.91 Å². The van der Waals surface area contributed by atoms with Crippen LogP contribution in [0.4, 0.5) is 4.39 Å². The molecular formula is C24H32ClFN2O2. The summed E-state index contributed by atoms with van der Waals surface area (Å²) in [4.78, 5) is 27.1. The number of carbonyl (C=O) groups is 2. The third-order valence-electron chi connectivity index (χ3n) is 7.15. The van der Waals surface area contributed by atoms with E-state index in [9.17, 15) is 14.0 Å². The average molecular weight is 435 g/mol. The highest BCUT2D eigenvalue weighted by Crippen LogP contribution is 2.32. The second-order valence-corrected chi connectivity index (χ2v) is 9.80. The van der Waals surface area contributed by atoms with E-state index < -0.39 is 5.82 Å². The first-order valence-electron chi connectivity index (χ1n) is 11.5. The van der Waals surface area contributed by atoms with Gasteiger partial charge in [0.05, 0.1) is 5.02 Å². The molecule has 164 valence electrons. The first kappa shape index (κ1) is 21.8. The molecule has 3 fully saturated rings. The summed E-state index contributed by atoms with van der Waals surface area (Å²) >= 11 is 6.07. The van der Waals surface area contributed by atoms with Crippen LogP contribution >= 0.6 is 11.6 Å². The summed E-state index contributed by atoms with van der Waals surface area (Å²) in [6.07, 6.45) is 9.64. The summed E-state index contributed by atoms with van der Waals surface area (Å²) in [7, 11) is 0. The topological polar surface area (TPSA) is 49.4 Å². The van der Waals surface area contributed by atoms with Gasteiger partial charge >= 0.3 is 0 Å². The maximum absolute atomic E-state index is 13.2. The number of benzene rings is 1. The van der Waals surface area contributed by atoms with Gasteiger partial charge < -0.3 is 10.2 Å². The first-order chi connectivity index (χ1) is 14.5. The first-order valence-corrected chi connectivity index (χ1v) is 11.9. The summed E-state index contributed by atoms with van der Waals surface area (Å²) in [5.74, 6) is 0.942. The van der Waals surface area contributed by atoms with Crippen LogP contribution in [-0.2, 0) is 4.79 Å². The molecule has 4 nitrogen and oxygen atoms in total. The van der Waals surface area contributed by atoms with E-state index in [1.54, 1.807) is 0 Å². The zero-order valence-corrected chi connectivity index (χ0v) is 18.3. The zero-order valence-electron chi connectivity index (χ0n) is 17.5. The second kappa shape index (κ2) is 9.78. The van der Waals surface area contributed by atoms with Crippen molar-refractivity contribution in [1.29, 1.82) is 0 Å². The average Bonchev–Trinajstić information content (AvgIpc) is 3.59. The quantitative estimate of drug-likeness (QED) is 0.624. The Bertz CT molecular complexity index is 766. The SMILES string of the molecule is O=C(N[C@H]1CC[C@H](CCN2CCC(C(=O)c3ccc(F)cc3Cl)CC2)CC1)C1CC1. The van der Waals surface area contributed by atoms with Crippen LogP contribution in [0.5, 0.6) is 0 Å². The van der Waals surface area contributed by atoms with E-state index in [1.807, 2.05) is 0 Å². The predicted octanol–water partition coefficient (Wildman–Crippen LogP) is 4.85. The summed E-state index contributed by atoms with van der Waals surface area (Å²) in [5, 5.41) is 3.45. The van der Waals surface area contributed by atoms with Crippen molar-refractivity contribution in [1.82, 2.24) is 10.2 Å². The van der Waals surface area contributed by atoms with E-state index in [1.165, 1.54) is 37.5 Å². The van der Waals surface area contributed by atoms with Gasteiger partial charge in [-0.05, 0) is 102 Å². The van der Waals surface area contributed by atoms with Crippen molar-refractivity contribution in [2.24, 2.45) is 17.8 Å². The monoisotopic (exact) mass is 434 g/mol. The molecule has 1 aromatic carbocycles. The Morgan fingerprint density at radius 1 is 1.00 bits per heavy atom. The molecule has 1 aliphatic heterocycles. The molecule has 4 rings (SSSR count). The molecule has 1 saturated heterocycles. The van der Waals surface area contributed by atoms with Crippen LogP contribution in [0, 0.1) is 23.6 Å². The van der Waals surface area contributed by atoms with Crippen molar-refractivity contribution in [2.75, 3.05) is 19.6 Å². The lowest BCUT2D eigenvalue weighted by molar-refractivity contribution is -0.123. The zero-order chi connectivity index (χ0) is 21.1. The van der Waals surface area contributed by atoms with E-state index in [-0.39, 0.29) is 22.6 Å². The molecular weight excluding hydrogens is 403 g/mol. The highest BCUT2D eigenvalue weighted by Gasteiger charge is 2.32. The number of amides is 1. The van der Waals surface area contributed by atoms with Gasteiger partial charge in [-0.1, -0.05) is 11.6 Å². The Kier molecular flexibility index (Phi) is 7.09. The Morgan fingerprint density at radius 3 is 2.33 bits per heavy atom. The molecule has 0 bridgehead atoms. The lowest BCUT2D eigenvalue weighted by Crippen LogP contribution is -2.40. The van der Waals surface area contributed by atoms with Gasteiger partial charge in [-0.25, -0.2) is 4.39 Å². The second-order valence-electron chi connectivity index (χ2n) is 9.39. The maximum atomic E-state index is 13.2. The fourth-order valence-corrected chi connectivity index (χ4v) is 5.21. The van der Waals surface area contributed by atoms with Gasteiger partial charge in [-0.2, -0.15) is 0 Å². The van der Waals surface area contributed by atoms with Crippen LogP contribution in [-0.4, -0.2) is 42.3 Å². The van der Waals surface area contributed by atoms with E-state index in [2.05, 4.69) is 10.2 Å². The van der Waals surface area contributed by atoms with Crippen LogP contribution in [0.2, 0.25) is 5.02 Å². The van der Waals surface area contributed by atoms with Gasteiger partial charge in [-0.15, -0.1) is 0 Å². The van der Waals surface area contributed by atoms with E-state index in [0.717, 1.165) is 64.1 Å². The minimum absolute atomic E-state index is 0.0188. The van der Waals surface area contributed by atoms with Crippen molar-refractivity contribution in [3.63, 3.8) is 0 Å². The van der Waals surface area contributed by atoms with Crippen LogP contribution in [0.25, 0.3) is 0 Å². The molecule has 0 radical (unpaired) electrons. The Labute approximate surface area is 183 Å². The molecule has 0 atom stereocenters. The number of ketones is 1. The van der Waals surface area contributed by atoms with Crippen LogP contribution < -0.4 is 5.32 Å². The number of carbonyl (C=O) groups excluding carboxylic acids is 2. The lowest BCUT2D eigenvalue weighted by atomic mass is 9.83. The minimum atomic E-state index is -0.411. The van der Waals surface area contributed by atoms with Crippen LogP contribution in [0.3, 0.4) is 0 Å². The standard InChI is InChI=1S/C24H32ClFN2O2/c25-22-15-19(26)5-8-21(22)23(29)17-10-13-28(14-11-17)12-9-16-1-6-20(7-2-16)27-24(30)18-3-4-18/h5,8,15-18,20H,1-4,6-7,9-14H2,(H,27,30)/t16-,20-. The number of Topliss-reactive ketones (excluding diaryl/α,β-unsaturated/α-hetero) is 1. The van der Waals surface area contributed by atoms with Gasteiger partial charge in [0, 0.05) is 23.4 Å². The highest BCUT2D eigenvalue weighted by atomic mass is 35.5. The van der Waals surface area contributed by atoms with E-state index in [0.29, 0.717) is 17.5 Å². The van der Waals surface area contributed by atoms with Crippen LogP contribution in [0.1, 0.15) is 68.1 Å².